The van der Waals surface area contributed by atoms with Crippen molar-refractivity contribution in [3.05, 3.63) is 53.1 Å². The van der Waals surface area contributed by atoms with Gasteiger partial charge < -0.3 is 19.4 Å². The summed E-state index contributed by atoms with van der Waals surface area (Å²) in [7, 11) is 3.11. The summed E-state index contributed by atoms with van der Waals surface area (Å²) >= 11 is 0. The molecule has 128 valence electrons. The van der Waals surface area contributed by atoms with Gasteiger partial charge in [0.2, 0.25) is 0 Å². The fourth-order valence-corrected chi connectivity index (χ4v) is 2.99. The SMILES string of the molecule is COc1ccc(-c2cc(C(=O)[O-])c3cc(C)cc(C)c3n2)cc1OC.[K+]. The van der Waals surface area contributed by atoms with E-state index >= 15 is 0 Å². The molecule has 6 heteroatoms. The average Bonchev–Trinajstić information content (AvgIpc) is 2.60. The molecule has 1 aromatic heterocycles. The number of carbonyl (C=O) groups is 1. The van der Waals surface area contributed by atoms with Gasteiger partial charge >= 0.3 is 51.4 Å². The molecule has 5 nitrogen and oxygen atoms in total. The number of carboxylic acids is 1. The molecule has 0 atom stereocenters. The molecular weight excluding hydrogens is 357 g/mol. The molecule has 0 aliphatic carbocycles. The van der Waals surface area contributed by atoms with E-state index in [2.05, 4.69) is 4.98 Å². The topological polar surface area (TPSA) is 71.5 Å². The number of methoxy groups -OCH3 is 2. The van der Waals surface area contributed by atoms with Gasteiger partial charge in [0.15, 0.2) is 11.5 Å². The van der Waals surface area contributed by atoms with Crippen molar-refractivity contribution < 1.29 is 70.8 Å². The molecule has 3 rings (SSSR count). The Hall–Kier alpha value is -1.44. The maximum absolute atomic E-state index is 11.7. The van der Waals surface area contributed by atoms with Gasteiger partial charge in [-0.25, -0.2) is 4.98 Å². The van der Waals surface area contributed by atoms with Crippen LogP contribution >= 0.6 is 0 Å². The van der Waals surface area contributed by atoms with Gasteiger partial charge in [-0.3, -0.25) is 0 Å². The van der Waals surface area contributed by atoms with E-state index in [4.69, 9.17) is 9.47 Å². The van der Waals surface area contributed by atoms with Crippen molar-refractivity contribution in [2.75, 3.05) is 14.2 Å². The second-order valence-electron chi connectivity index (χ2n) is 5.89. The number of benzene rings is 2. The summed E-state index contributed by atoms with van der Waals surface area (Å²) in [5, 5.41) is 12.2. The molecular formula is C20H18KNO4. The Morgan fingerprint density at radius 3 is 2.31 bits per heavy atom. The molecule has 0 amide bonds. The molecule has 3 aromatic rings. The number of pyridine rings is 1. The zero-order chi connectivity index (χ0) is 18.1. The van der Waals surface area contributed by atoms with Gasteiger partial charge in [-0.1, -0.05) is 11.6 Å². The third-order valence-corrected chi connectivity index (χ3v) is 4.15. The van der Waals surface area contributed by atoms with Crippen LogP contribution in [0.25, 0.3) is 22.2 Å². The van der Waals surface area contributed by atoms with Crippen molar-refractivity contribution in [2.45, 2.75) is 13.8 Å². The summed E-state index contributed by atoms with van der Waals surface area (Å²) in [5.74, 6) is -0.0735. The standard InChI is InChI=1S/C20H19NO4.K/c1-11-7-12(2)19-14(8-11)15(20(22)23)10-16(21-19)13-5-6-17(24-3)18(9-13)25-4;/h5-10H,1-4H3,(H,22,23);/q;+1/p-1. The van der Waals surface area contributed by atoms with E-state index in [0.29, 0.717) is 28.1 Å². The molecule has 0 fully saturated rings. The number of fused-ring (bicyclic) bond motifs is 1. The van der Waals surface area contributed by atoms with Gasteiger partial charge in [-0.2, -0.15) is 0 Å². The van der Waals surface area contributed by atoms with Crippen LogP contribution in [0.2, 0.25) is 0 Å². The number of rotatable bonds is 4. The van der Waals surface area contributed by atoms with Crippen LogP contribution in [0.15, 0.2) is 36.4 Å². The fourth-order valence-electron chi connectivity index (χ4n) is 2.99. The maximum Gasteiger partial charge on any atom is 1.00 e. The van der Waals surface area contributed by atoms with E-state index in [0.717, 1.165) is 16.7 Å². The first-order valence-corrected chi connectivity index (χ1v) is 7.80. The molecule has 0 aliphatic rings. The van der Waals surface area contributed by atoms with Gasteiger partial charge in [-0.05, 0) is 49.7 Å². The molecule has 0 unspecified atom stereocenters. The third kappa shape index (κ3) is 3.94. The Labute approximate surface area is 194 Å². The monoisotopic (exact) mass is 375 g/mol. The van der Waals surface area contributed by atoms with Crippen LogP contribution in [0.3, 0.4) is 0 Å². The van der Waals surface area contributed by atoms with E-state index in [1.165, 1.54) is 6.07 Å². The van der Waals surface area contributed by atoms with Gasteiger partial charge in [0, 0.05) is 16.5 Å². The van der Waals surface area contributed by atoms with Crippen molar-refractivity contribution in [2.24, 2.45) is 0 Å². The first-order valence-electron chi connectivity index (χ1n) is 7.80. The van der Waals surface area contributed by atoms with Crippen LogP contribution in [0.5, 0.6) is 11.5 Å². The van der Waals surface area contributed by atoms with Gasteiger partial charge in [-0.15, -0.1) is 0 Å². The number of aromatic nitrogens is 1. The van der Waals surface area contributed by atoms with Crippen LogP contribution in [-0.4, -0.2) is 25.2 Å². The molecule has 1 heterocycles. The summed E-state index contributed by atoms with van der Waals surface area (Å²) in [6, 6.07) is 10.7. The van der Waals surface area contributed by atoms with E-state index in [1.807, 2.05) is 32.0 Å². The van der Waals surface area contributed by atoms with Crippen LogP contribution in [0.4, 0.5) is 0 Å². The third-order valence-electron chi connectivity index (χ3n) is 4.15. The minimum atomic E-state index is -1.22. The summed E-state index contributed by atoms with van der Waals surface area (Å²) in [4.78, 5) is 16.3. The quantitative estimate of drug-likeness (QED) is 0.596. The normalized spacial score (nSPS) is 10.3. The van der Waals surface area contributed by atoms with Crippen molar-refractivity contribution in [3.8, 4) is 22.8 Å². The molecule has 26 heavy (non-hydrogen) atoms. The fraction of sp³-hybridized carbons (Fsp3) is 0.200. The number of ether oxygens (including phenoxy) is 2. The first-order chi connectivity index (χ1) is 11.9. The second kappa shape index (κ2) is 8.50. The largest absolute Gasteiger partial charge is 1.00 e. The van der Waals surface area contributed by atoms with Crippen LogP contribution in [0.1, 0.15) is 21.5 Å². The number of aromatic carboxylic acids is 1. The zero-order valence-electron chi connectivity index (χ0n) is 15.5. The molecule has 2 aromatic carbocycles. The van der Waals surface area contributed by atoms with Crippen molar-refractivity contribution >= 4 is 16.9 Å². The Balaban J connectivity index is 0.00000243. The van der Waals surface area contributed by atoms with Gasteiger partial charge in [0.25, 0.3) is 0 Å². The predicted octanol–water partition coefficient (Wildman–Crippen LogP) is -0.0967. The van der Waals surface area contributed by atoms with Crippen molar-refractivity contribution in [1.82, 2.24) is 4.98 Å². The molecule has 0 saturated carbocycles. The summed E-state index contributed by atoms with van der Waals surface area (Å²) in [6.45, 7) is 3.84. The van der Waals surface area contributed by atoms with Crippen LogP contribution in [-0.2, 0) is 0 Å². The minimum absolute atomic E-state index is 0. The van der Waals surface area contributed by atoms with Gasteiger partial charge in [0.1, 0.15) is 0 Å². The number of carbonyl (C=O) groups excluding carboxylic acids is 1. The van der Waals surface area contributed by atoms with E-state index in [1.54, 1.807) is 26.4 Å². The summed E-state index contributed by atoms with van der Waals surface area (Å²) in [5.41, 5.74) is 3.95. The number of nitrogens with zero attached hydrogens (tertiary/aromatic N) is 1. The number of hydrogen-bond donors (Lipinski definition) is 0. The Bertz CT molecular complexity index is 985. The average molecular weight is 375 g/mol. The van der Waals surface area contributed by atoms with E-state index in [9.17, 15) is 9.90 Å². The first kappa shape index (κ1) is 20.9. The zero-order valence-corrected chi connectivity index (χ0v) is 18.7. The molecule has 0 aliphatic heterocycles. The molecule has 0 saturated heterocycles. The molecule has 0 bridgehead atoms. The minimum Gasteiger partial charge on any atom is -0.545 e. The Morgan fingerprint density at radius 2 is 1.69 bits per heavy atom. The van der Waals surface area contributed by atoms with Crippen LogP contribution in [0, 0.1) is 13.8 Å². The number of hydrogen-bond acceptors (Lipinski definition) is 5. The van der Waals surface area contributed by atoms with Crippen molar-refractivity contribution in [3.63, 3.8) is 0 Å². The number of carboxylic acid groups (broad SMARTS) is 1. The molecule has 0 radical (unpaired) electrons. The second-order valence-corrected chi connectivity index (χ2v) is 5.89. The smallest absolute Gasteiger partial charge is 0.545 e. The molecule has 0 N–H and O–H groups in total. The summed E-state index contributed by atoms with van der Waals surface area (Å²) in [6.07, 6.45) is 0. The van der Waals surface area contributed by atoms with Crippen molar-refractivity contribution in [1.29, 1.82) is 0 Å². The number of aryl methyl sites for hydroxylation is 2. The predicted molar refractivity (Wildman–Crippen MR) is 94.1 cm³/mol. The summed E-state index contributed by atoms with van der Waals surface area (Å²) < 4.78 is 10.6. The Kier molecular flexibility index (Phi) is 6.82. The van der Waals surface area contributed by atoms with Gasteiger partial charge in [0.05, 0.1) is 31.4 Å². The Morgan fingerprint density at radius 1 is 1.00 bits per heavy atom. The maximum atomic E-state index is 11.7. The van der Waals surface area contributed by atoms with E-state index < -0.39 is 5.97 Å². The van der Waals surface area contributed by atoms with Crippen LogP contribution < -0.4 is 66.0 Å². The van der Waals surface area contributed by atoms with E-state index in [-0.39, 0.29) is 56.9 Å². The molecule has 0 spiro atoms.